The van der Waals surface area contributed by atoms with Gasteiger partial charge in [-0.15, -0.1) is 5.06 Å². The molecule has 16 heavy (non-hydrogen) atoms. The third-order valence-corrected chi connectivity index (χ3v) is 1.77. The van der Waals surface area contributed by atoms with E-state index in [1.54, 1.807) is 12.1 Å². The van der Waals surface area contributed by atoms with E-state index < -0.39 is 11.8 Å². The average molecular weight is 221 g/mol. The highest BCUT2D eigenvalue weighted by Gasteiger charge is 2.33. The number of amides is 2. The number of hydrogen-bond acceptors (Lipinski definition) is 4. The van der Waals surface area contributed by atoms with Crippen LogP contribution < -0.4 is 0 Å². The maximum atomic E-state index is 11.1. The molecule has 0 aliphatic carbocycles. The van der Waals surface area contributed by atoms with Crippen molar-refractivity contribution in [3.05, 3.63) is 35.4 Å². The van der Waals surface area contributed by atoms with Crippen LogP contribution in [0.15, 0.2) is 24.3 Å². The maximum absolute atomic E-state index is 11.1. The van der Waals surface area contributed by atoms with E-state index in [-0.39, 0.29) is 22.0 Å². The molecule has 0 saturated carbocycles. The molecule has 0 bridgehead atoms. The molecule has 0 saturated heterocycles. The summed E-state index contributed by atoms with van der Waals surface area (Å²) >= 11 is 0. The molecule has 84 valence electrons. The number of ketones is 1. The maximum Gasteiger partial charge on any atom is 0.285 e. The van der Waals surface area contributed by atoms with Crippen LogP contribution in [0.3, 0.4) is 0 Å². The van der Waals surface area contributed by atoms with Crippen LogP contribution in [0, 0.1) is 0 Å². The molecule has 1 heterocycles. The Kier molecular flexibility index (Phi) is 3.52. The summed E-state index contributed by atoms with van der Waals surface area (Å²) in [5, 5.41) is 9.05. The molecule has 1 aromatic carbocycles. The summed E-state index contributed by atoms with van der Waals surface area (Å²) in [6.45, 7) is 3.06. The highest BCUT2D eigenvalue weighted by Crippen LogP contribution is 2.19. The lowest BCUT2D eigenvalue weighted by molar-refractivity contribution is -0.115. The van der Waals surface area contributed by atoms with Gasteiger partial charge in [-0.3, -0.25) is 14.8 Å². The van der Waals surface area contributed by atoms with E-state index in [0.29, 0.717) is 0 Å². The molecule has 0 spiro atoms. The molecule has 0 fully saturated rings. The lowest BCUT2D eigenvalue weighted by atomic mass is 10.1. The average Bonchev–Trinajstić information content (AvgIpc) is 2.44. The normalized spacial score (nSPS) is 13.1. The first-order valence-corrected chi connectivity index (χ1v) is 4.59. The number of fused-ring (bicyclic) bond motifs is 1. The van der Waals surface area contributed by atoms with Crippen molar-refractivity contribution in [1.82, 2.24) is 5.06 Å². The number of carbonyl (C=O) groups is 3. The lowest BCUT2D eigenvalue weighted by Crippen LogP contribution is -2.25. The highest BCUT2D eigenvalue weighted by molar-refractivity contribution is 6.20. The fourth-order valence-corrected chi connectivity index (χ4v) is 1.18. The fourth-order valence-electron chi connectivity index (χ4n) is 1.18. The molecule has 0 aromatic heterocycles. The van der Waals surface area contributed by atoms with Crippen LogP contribution in [0.4, 0.5) is 0 Å². The standard InChI is InChI=1S/C8H5NO3.C3H6O/c10-7-5-3-1-2-4-6(5)8(11)9(7)12;1-3(2)4/h1-4,12H;1-2H3. The molecule has 1 aromatic rings. The summed E-state index contributed by atoms with van der Waals surface area (Å²) in [7, 11) is 0. The van der Waals surface area contributed by atoms with E-state index in [0.717, 1.165) is 0 Å². The van der Waals surface area contributed by atoms with Gasteiger partial charge in [0.15, 0.2) is 0 Å². The van der Waals surface area contributed by atoms with Crippen molar-refractivity contribution in [3.63, 3.8) is 0 Å². The van der Waals surface area contributed by atoms with Gasteiger partial charge < -0.3 is 4.79 Å². The van der Waals surface area contributed by atoms with Crippen LogP contribution >= 0.6 is 0 Å². The van der Waals surface area contributed by atoms with Crippen molar-refractivity contribution in [2.24, 2.45) is 0 Å². The van der Waals surface area contributed by atoms with Gasteiger partial charge in [0.05, 0.1) is 11.1 Å². The minimum absolute atomic E-state index is 0.130. The van der Waals surface area contributed by atoms with Crippen molar-refractivity contribution in [3.8, 4) is 0 Å². The summed E-state index contributed by atoms with van der Waals surface area (Å²) in [5.41, 5.74) is 0.509. The minimum atomic E-state index is -0.657. The summed E-state index contributed by atoms with van der Waals surface area (Å²) in [6, 6.07) is 6.30. The number of nitrogens with zero attached hydrogens (tertiary/aromatic N) is 1. The fraction of sp³-hybridized carbons (Fsp3) is 0.182. The minimum Gasteiger partial charge on any atom is -0.300 e. The Morgan fingerprint density at radius 2 is 1.38 bits per heavy atom. The number of imide groups is 1. The molecule has 1 aliphatic rings. The van der Waals surface area contributed by atoms with Crippen LogP contribution in [-0.2, 0) is 4.79 Å². The topological polar surface area (TPSA) is 74.7 Å². The Morgan fingerprint density at radius 3 is 1.69 bits per heavy atom. The second-order valence-electron chi connectivity index (χ2n) is 3.38. The molecule has 0 atom stereocenters. The first-order chi connectivity index (χ1) is 7.45. The van der Waals surface area contributed by atoms with Crippen molar-refractivity contribution >= 4 is 17.6 Å². The highest BCUT2D eigenvalue weighted by atomic mass is 16.5. The lowest BCUT2D eigenvalue weighted by Gasteiger charge is -1.99. The summed E-state index contributed by atoms with van der Waals surface area (Å²) in [5.74, 6) is -1.15. The first-order valence-electron chi connectivity index (χ1n) is 4.59. The van der Waals surface area contributed by atoms with Gasteiger partial charge in [0.2, 0.25) is 0 Å². The van der Waals surface area contributed by atoms with Crippen molar-refractivity contribution in [2.75, 3.05) is 0 Å². The first kappa shape index (κ1) is 12.1. The second-order valence-corrected chi connectivity index (χ2v) is 3.38. The molecular weight excluding hydrogens is 210 g/mol. The molecule has 2 amide bonds. The van der Waals surface area contributed by atoms with Gasteiger partial charge in [-0.1, -0.05) is 12.1 Å². The van der Waals surface area contributed by atoms with Crippen LogP contribution in [0.25, 0.3) is 0 Å². The molecule has 1 N–H and O–H groups in total. The molecule has 0 unspecified atom stereocenters. The number of Topliss-reactive ketones (excluding diaryl/α,β-unsaturated/α-hetero) is 1. The third-order valence-electron chi connectivity index (χ3n) is 1.77. The number of benzene rings is 1. The van der Waals surface area contributed by atoms with E-state index in [1.807, 2.05) is 0 Å². The van der Waals surface area contributed by atoms with Gasteiger partial charge in [-0.25, -0.2) is 0 Å². The van der Waals surface area contributed by atoms with Gasteiger partial charge in [0.1, 0.15) is 5.78 Å². The van der Waals surface area contributed by atoms with E-state index in [1.165, 1.54) is 26.0 Å². The number of hydroxylamine groups is 2. The Balaban J connectivity index is 0.000000280. The van der Waals surface area contributed by atoms with Crippen molar-refractivity contribution in [1.29, 1.82) is 0 Å². The summed E-state index contributed by atoms with van der Waals surface area (Å²) in [4.78, 5) is 31.6. The number of hydrogen-bond donors (Lipinski definition) is 1. The zero-order valence-electron chi connectivity index (χ0n) is 8.93. The van der Waals surface area contributed by atoms with Gasteiger partial charge in [-0.2, -0.15) is 0 Å². The van der Waals surface area contributed by atoms with Crippen LogP contribution in [0.2, 0.25) is 0 Å². The Bertz CT molecular complexity index is 414. The Hall–Kier alpha value is -2.01. The number of rotatable bonds is 0. The molecule has 1 aliphatic heterocycles. The quantitative estimate of drug-likeness (QED) is 0.528. The smallest absolute Gasteiger partial charge is 0.285 e. The van der Waals surface area contributed by atoms with Crippen LogP contribution in [-0.4, -0.2) is 27.9 Å². The predicted octanol–water partition coefficient (Wildman–Crippen LogP) is 1.27. The summed E-state index contributed by atoms with van der Waals surface area (Å²) < 4.78 is 0. The number of carbonyl (C=O) groups excluding carboxylic acids is 3. The zero-order chi connectivity index (χ0) is 12.3. The molecule has 2 rings (SSSR count). The van der Waals surface area contributed by atoms with Gasteiger partial charge in [0, 0.05) is 0 Å². The monoisotopic (exact) mass is 221 g/mol. The van der Waals surface area contributed by atoms with E-state index in [9.17, 15) is 14.4 Å². The van der Waals surface area contributed by atoms with E-state index in [4.69, 9.17) is 5.21 Å². The van der Waals surface area contributed by atoms with Gasteiger partial charge in [-0.05, 0) is 26.0 Å². The second kappa shape index (κ2) is 4.67. The predicted molar refractivity (Wildman–Crippen MR) is 55.1 cm³/mol. The Morgan fingerprint density at radius 1 is 1.06 bits per heavy atom. The van der Waals surface area contributed by atoms with Crippen LogP contribution in [0.5, 0.6) is 0 Å². The molecule has 0 radical (unpaired) electrons. The van der Waals surface area contributed by atoms with Crippen molar-refractivity contribution < 1.29 is 19.6 Å². The molecule has 5 heteroatoms. The van der Waals surface area contributed by atoms with Gasteiger partial charge >= 0.3 is 0 Å². The van der Waals surface area contributed by atoms with Crippen molar-refractivity contribution in [2.45, 2.75) is 13.8 Å². The third kappa shape index (κ3) is 2.32. The molecular formula is C11H11NO4. The van der Waals surface area contributed by atoms with Gasteiger partial charge in [0.25, 0.3) is 11.8 Å². The molecule has 5 nitrogen and oxygen atoms in total. The van der Waals surface area contributed by atoms with Crippen LogP contribution in [0.1, 0.15) is 34.6 Å². The SMILES string of the molecule is CC(C)=O.O=C1c2ccccc2C(=O)N1O. The van der Waals surface area contributed by atoms with E-state index >= 15 is 0 Å². The van der Waals surface area contributed by atoms with E-state index in [2.05, 4.69) is 0 Å². The summed E-state index contributed by atoms with van der Waals surface area (Å²) in [6.07, 6.45) is 0. The largest absolute Gasteiger partial charge is 0.300 e. The zero-order valence-corrected chi connectivity index (χ0v) is 8.93. The Labute approximate surface area is 92.2 Å².